The molecule has 1 aromatic heterocycles. The van der Waals surface area contributed by atoms with Crippen molar-refractivity contribution < 1.29 is 15.0 Å². The number of nitrogens with zero attached hydrogens (tertiary/aromatic N) is 1. The predicted octanol–water partition coefficient (Wildman–Crippen LogP) is 1.02. The molecule has 4 N–H and O–H groups in total. The number of carboxylic acids is 1. The van der Waals surface area contributed by atoms with Gasteiger partial charge < -0.3 is 15.9 Å². The number of aliphatic hydroxyl groups is 1. The van der Waals surface area contributed by atoms with Crippen LogP contribution in [0.15, 0.2) is 12.3 Å². The smallest absolute Gasteiger partial charge is 0.356 e. The van der Waals surface area contributed by atoms with E-state index in [2.05, 4.69) is 4.98 Å². The minimum absolute atomic E-state index is 0.0262. The summed E-state index contributed by atoms with van der Waals surface area (Å²) in [6, 6.07) is 1.43. The van der Waals surface area contributed by atoms with E-state index >= 15 is 0 Å². The topological polar surface area (TPSA) is 96.4 Å². The molecule has 5 nitrogen and oxygen atoms in total. The zero-order valence-corrected chi connectivity index (χ0v) is 9.16. The molecule has 0 aliphatic heterocycles. The number of nitrogens with two attached hydrogens (primary N) is 1. The summed E-state index contributed by atoms with van der Waals surface area (Å²) in [5, 5.41) is 16.4. The van der Waals surface area contributed by atoms with Crippen molar-refractivity contribution in [2.24, 2.45) is 5.73 Å². The molecule has 0 aliphatic carbocycles. The van der Waals surface area contributed by atoms with Gasteiger partial charge in [0.1, 0.15) is 0 Å². The van der Waals surface area contributed by atoms with Gasteiger partial charge >= 0.3 is 5.97 Å². The highest BCUT2D eigenvalue weighted by Crippen LogP contribution is 2.23. The van der Waals surface area contributed by atoms with Gasteiger partial charge in [-0.3, -0.25) is 0 Å². The Bertz CT molecular complexity index is 332. The molecule has 7 heteroatoms. The number of aliphatic hydroxyl groups excluding tert-OH is 1. The molecule has 0 fully saturated rings. The number of rotatable bonds is 2. The summed E-state index contributed by atoms with van der Waals surface area (Å²) in [5.41, 5.74) is 4.55. The Labute approximate surface area is 96.4 Å². The second-order valence-electron chi connectivity index (χ2n) is 2.27. The second kappa shape index (κ2) is 7.42. The molecule has 0 saturated carbocycles. The Balaban J connectivity index is 0.000000423. The first-order valence-corrected chi connectivity index (χ1v) is 4.64. The molecular weight excluding hydrogens is 243 g/mol. The van der Waals surface area contributed by atoms with Crippen molar-refractivity contribution in [3.8, 4) is 0 Å². The molecule has 0 aromatic carbocycles. The van der Waals surface area contributed by atoms with Gasteiger partial charge in [0.2, 0.25) is 0 Å². The lowest BCUT2D eigenvalue weighted by Gasteiger charge is -1.97. The Morgan fingerprint density at radius 3 is 2.40 bits per heavy atom. The van der Waals surface area contributed by atoms with Gasteiger partial charge in [-0.2, -0.15) is 0 Å². The van der Waals surface area contributed by atoms with Crippen molar-refractivity contribution >= 4 is 29.2 Å². The van der Waals surface area contributed by atoms with Gasteiger partial charge in [-0.1, -0.05) is 23.2 Å². The van der Waals surface area contributed by atoms with E-state index in [0.29, 0.717) is 6.54 Å². The molecule has 0 bridgehead atoms. The highest BCUT2D eigenvalue weighted by molar-refractivity contribution is 6.43. The zero-order valence-electron chi connectivity index (χ0n) is 7.65. The maximum Gasteiger partial charge on any atom is 0.356 e. The summed E-state index contributed by atoms with van der Waals surface area (Å²) in [6.07, 6.45) is 1.29. The molecule has 0 unspecified atom stereocenters. The first-order valence-electron chi connectivity index (χ1n) is 3.88. The van der Waals surface area contributed by atoms with E-state index in [1.54, 1.807) is 0 Å². The van der Waals surface area contributed by atoms with Crippen LogP contribution >= 0.6 is 23.2 Å². The van der Waals surface area contributed by atoms with Crippen LogP contribution in [-0.2, 0) is 0 Å². The van der Waals surface area contributed by atoms with Crippen LogP contribution in [0.25, 0.3) is 0 Å². The highest BCUT2D eigenvalue weighted by atomic mass is 35.5. The van der Waals surface area contributed by atoms with Gasteiger partial charge in [0.15, 0.2) is 5.69 Å². The third-order valence-corrected chi connectivity index (χ3v) is 1.97. The van der Waals surface area contributed by atoms with Gasteiger partial charge in [0, 0.05) is 12.7 Å². The number of pyridine rings is 1. The molecular formula is C8H10Cl2N2O3. The first-order chi connectivity index (χ1) is 7.04. The third kappa shape index (κ3) is 4.94. The van der Waals surface area contributed by atoms with Crippen LogP contribution in [0.5, 0.6) is 0 Å². The Kier molecular flexibility index (Phi) is 6.98. The molecule has 84 valence electrons. The molecule has 1 heterocycles. The summed E-state index contributed by atoms with van der Waals surface area (Å²) in [4.78, 5) is 13.9. The number of aromatic nitrogens is 1. The quantitative estimate of drug-likeness (QED) is 0.731. The fourth-order valence-corrected chi connectivity index (χ4v) is 0.908. The van der Waals surface area contributed by atoms with Crippen molar-refractivity contribution in [2.45, 2.75) is 0 Å². The van der Waals surface area contributed by atoms with Gasteiger partial charge in [0.05, 0.1) is 16.7 Å². The van der Waals surface area contributed by atoms with Crippen LogP contribution < -0.4 is 5.73 Å². The van der Waals surface area contributed by atoms with Crippen LogP contribution in [0.4, 0.5) is 0 Å². The lowest BCUT2D eigenvalue weighted by molar-refractivity contribution is 0.0690. The second-order valence-corrected chi connectivity index (χ2v) is 3.06. The SMILES string of the molecule is NCCO.O=C(O)c1nccc(Cl)c1Cl. The van der Waals surface area contributed by atoms with Crippen LogP contribution in [0.1, 0.15) is 10.5 Å². The molecule has 1 aromatic rings. The lowest BCUT2D eigenvalue weighted by atomic mass is 10.3. The average molecular weight is 253 g/mol. The van der Waals surface area contributed by atoms with Crippen molar-refractivity contribution in [3.63, 3.8) is 0 Å². The Morgan fingerprint density at radius 1 is 1.53 bits per heavy atom. The third-order valence-electron chi connectivity index (χ3n) is 1.17. The number of carboxylic acid groups (broad SMARTS) is 1. The molecule has 0 spiro atoms. The lowest BCUT2D eigenvalue weighted by Crippen LogP contribution is -2.02. The van der Waals surface area contributed by atoms with Crippen LogP contribution in [-0.4, -0.2) is 34.3 Å². The summed E-state index contributed by atoms with van der Waals surface area (Å²) in [6.45, 7) is 0.472. The van der Waals surface area contributed by atoms with Gasteiger partial charge in [-0.05, 0) is 6.07 Å². The Hall–Kier alpha value is -0.880. The van der Waals surface area contributed by atoms with Crippen molar-refractivity contribution in [2.75, 3.05) is 13.2 Å². The van der Waals surface area contributed by atoms with E-state index in [4.69, 9.17) is 39.1 Å². The molecule has 0 amide bonds. The number of hydrogen-bond acceptors (Lipinski definition) is 4. The standard InChI is InChI=1S/C6H3Cl2NO2.C2H7NO/c7-3-1-2-9-5(4(3)8)6(10)11;3-1-2-4/h1-2H,(H,10,11);4H,1-3H2. The number of aromatic carboxylic acids is 1. The molecule has 0 atom stereocenters. The maximum absolute atomic E-state index is 10.4. The minimum Gasteiger partial charge on any atom is -0.476 e. The molecule has 0 radical (unpaired) electrons. The van der Waals surface area contributed by atoms with E-state index in [1.165, 1.54) is 12.3 Å². The Morgan fingerprint density at radius 2 is 2.07 bits per heavy atom. The fraction of sp³-hybridized carbons (Fsp3) is 0.250. The van der Waals surface area contributed by atoms with E-state index in [0.717, 1.165) is 0 Å². The molecule has 0 saturated heterocycles. The monoisotopic (exact) mass is 252 g/mol. The summed E-state index contributed by atoms with van der Waals surface area (Å²) >= 11 is 11.0. The maximum atomic E-state index is 10.4. The van der Waals surface area contributed by atoms with E-state index in [9.17, 15) is 4.79 Å². The first kappa shape index (κ1) is 14.1. The fourth-order valence-electron chi connectivity index (χ4n) is 0.569. The number of halogens is 2. The average Bonchev–Trinajstić information content (AvgIpc) is 2.22. The molecule has 1 rings (SSSR count). The van der Waals surface area contributed by atoms with E-state index < -0.39 is 5.97 Å². The minimum atomic E-state index is -1.18. The van der Waals surface area contributed by atoms with Gasteiger partial charge in [0.25, 0.3) is 0 Å². The molecule has 0 aliphatic rings. The van der Waals surface area contributed by atoms with Crippen LogP contribution in [0.3, 0.4) is 0 Å². The number of carbonyl (C=O) groups is 1. The largest absolute Gasteiger partial charge is 0.476 e. The van der Waals surface area contributed by atoms with Crippen LogP contribution in [0.2, 0.25) is 10.0 Å². The molecule has 15 heavy (non-hydrogen) atoms. The summed E-state index contributed by atoms with van der Waals surface area (Å²) < 4.78 is 0. The zero-order chi connectivity index (χ0) is 11.8. The van der Waals surface area contributed by atoms with Crippen molar-refractivity contribution in [1.29, 1.82) is 0 Å². The number of hydrogen-bond donors (Lipinski definition) is 3. The van der Waals surface area contributed by atoms with E-state index in [1.807, 2.05) is 0 Å². The summed E-state index contributed by atoms with van der Waals surface area (Å²) in [5.74, 6) is -1.18. The summed E-state index contributed by atoms with van der Waals surface area (Å²) in [7, 11) is 0. The van der Waals surface area contributed by atoms with Gasteiger partial charge in [-0.15, -0.1) is 0 Å². The highest BCUT2D eigenvalue weighted by Gasteiger charge is 2.11. The van der Waals surface area contributed by atoms with Crippen LogP contribution in [0, 0.1) is 0 Å². The van der Waals surface area contributed by atoms with Gasteiger partial charge in [-0.25, -0.2) is 9.78 Å². The van der Waals surface area contributed by atoms with Crippen molar-refractivity contribution in [1.82, 2.24) is 4.98 Å². The normalized spacial score (nSPS) is 9.07. The predicted molar refractivity (Wildman–Crippen MR) is 57.4 cm³/mol. The van der Waals surface area contributed by atoms with Crippen molar-refractivity contribution in [3.05, 3.63) is 28.0 Å². The van der Waals surface area contributed by atoms with E-state index in [-0.39, 0.29) is 22.3 Å².